The molecule has 0 aliphatic heterocycles. The standard InChI is InChI=1S/C20H18ClF3N4O2S/c1-3-28-18(12-4-7-14(30-2)8-5-12)26-27-19(28)31-11-17(29)25-13-6-9-16(21)15(10-13)20(22,23)24/h4-10H,3,11H2,1-2H3,(H,25,29). The summed E-state index contributed by atoms with van der Waals surface area (Å²) in [6, 6.07) is 10.6. The zero-order valence-electron chi connectivity index (χ0n) is 16.5. The maximum atomic E-state index is 13.0. The van der Waals surface area contributed by atoms with Gasteiger partial charge < -0.3 is 14.6 Å². The largest absolute Gasteiger partial charge is 0.497 e. The van der Waals surface area contributed by atoms with Gasteiger partial charge in [-0.1, -0.05) is 23.4 Å². The van der Waals surface area contributed by atoms with E-state index in [1.807, 2.05) is 35.8 Å². The number of halogens is 4. The van der Waals surface area contributed by atoms with E-state index in [0.717, 1.165) is 29.5 Å². The number of nitrogens with zero attached hydrogens (tertiary/aromatic N) is 3. The molecule has 2 aromatic carbocycles. The molecular weight excluding hydrogens is 453 g/mol. The minimum absolute atomic E-state index is 0.0122. The minimum atomic E-state index is -4.61. The molecule has 0 atom stereocenters. The minimum Gasteiger partial charge on any atom is -0.497 e. The molecule has 0 spiro atoms. The van der Waals surface area contributed by atoms with Crippen molar-refractivity contribution in [3.8, 4) is 17.1 Å². The number of methoxy groups -OCH3 is 1. The van der Waals surface area contributed by atoms with Gasteiger partial charge in [0.1, 0.15) is 5.75 Å². The van der Waals surface area contributed by atoms with E-state index < -0.39 is 22.7 Å². The molecule has 1 aromatic heterocycles. The molecule has 0 fully saturated rings. The Hall–Kier alpha value is -2.72. The van der Waals surface area contributed by atoms with Crippen LogP contribution in [0.25, 0.3) is 11.4 Å². The molecule has 3 aromatic rings. The highest BCUT2D eigenvalue weighted by molar-refractivity contribution is 7.99. The third-order valence-corrected chi connectivity index (χ3v) is 5.57. The van der Waals surface area contributed by atoms with Gasteiger partial charge in [-0.15, -0.1) is 10.2 Å². The third-order valence-electron chi connectivity index (χ3n) is 4.27. The SMILES string of the molecule is CCn1c(SCC(=O)Nc2ccc(Cl)c(C(F)(F)F)c2)nnc1-c1ccc(OC)cc1. The van der Waals surface area contributed by atoms with Gasteiger partial charge >= 0.3 is 6.18 Å². The molecule has 0 aliphatic carbocycles. The van der Waals surface area contributed by atoms with Crippen molar-refractivity contribution in [2.24, 2.45) is 0 Å². The number of carbonyl (C=O) groups is 1. The number of amides is 1. The van der Waals surface area contributed by atoms with Crippen LogP contribution in [0.5, 0.6) is 5.75 Å². The average Bonchev–Trinajstić information content (AvgIpc) is 3.15. The third kappa shape index (κ3) is 5.50. The van der Waals surface area contributed by atoms with Gasteiger partial charge in [0, 0.05) is 17.8 Å². The summed E-state index contributed by atoms with van der Waals surface area (Å²) >= 11 is 6.74. The molecule has 0 radical (unpaired) electrons. The second kappa shape index (κ2) is 9.61. The molecule has 0 aliphatic rings. The Kier molecular flexibility index (Phi) is 7.11. The number of carbonyl (C=O) groups excluding carboxylic acids is 1. The van der Waals surface area contributed by atoms with Gasteiger partial charge in [0.2, 0.25) is 5.91 Å². The Bertz CT molecular complexity index is 1070. The van der Waals surface area contributed by atoms with Gasteiger partial charge in [0.15, 0.2) is 11.0 Å². The number of ether oxygens (including phenoxy) is 1. The van der Waals surface area contributed by atoms with Crippen molar-refractivity contribution in [3.63, 3.8) is 0 Å². The molecule has 11 heteroatoms. The number of aromatic nitrogens is 3. The van der Waals surface area contributed by atoms with Crippen molar-refractivity contribution in [2.75, 3.05) is 18.2 Å². The molecule has 164 valence electrons. The van der Waals surface area contributed by atoms with Gasteiger partial charge in [-0.2, -0.15) is 13.2 Å². The number of benzene rings is 2. The van der Waals surface area contributed by atoms with Crippen LogP contribution in [0.1, 0.15) is 12.5 Å². The first-order valence-corrected chi connectivity index (χ1v) is 10.5. The summed E-state index contributed by atoms with van der Waals surface area (Å²) in [5.74, 6) is 0.830. The van der Waals surface area contributed by atoms with Crippen LogP contribution < -0.4 is 10.1 Å². The molecule has 31 heavy (non-hydrogen) atoms. The fraction of sp³-hybridized carbons (Fsp3) is 0.250. The monoisotopic (exact) mass is 470 g/mol. The maximum absolute atomic E-state index is 13.0. The molecule has 0 saturated heterocycles. The van der Waals surface area contributed by atoms with Crippen LogP contribution in [0.15, 0.2) is 47.6 Å². The van der Waals surface area contributed by atoms with Crippen LogP contribution in [-0.2, 0) is 17.5 Å². The molecular formula is C20H18ClF3N4O2S. The number of anilines is 1. The van der Waals surface area contributed by atoms with E-state index >= 15 is 0 Å². The van der Waals surface area contributed by atoms with Crippen molar-refractivity contribution >= 4 is 35.0 Å². The molecule has 1 heterocycles. The summed E-state index contributed by atoms with van der Waals surface area (Å²) in [6.45, 7) is 2.50. The number of rotatable bonds is 7. The fourth-order valence-electron chi connectivity index (χ4n) is 2.78. The van der Waals surface area contributed by atoms with Gasteiger partial charge in [-0.25, -0.2) is 0 Å². The second-order valence-corrected chi connectivity index (χ2v) is 7.66. The van der Waals surface area contributed by atoms with Gasteiger partial charge in [-0.05, 0) is 49.4 Å². The van der Waals surface area contributed by atoms with Gasteiger partial charge in [0.05, 0.1) is 23.4 Å². The quantitative estimate of drug-likeness (QED) is 0.470. The van der Waals surface area contributed by atoms with Crippen LogP contribution in [0.3, 0.4) is 0 Å². The first-order chi connectivity index (χ1) is 14.7. The molecule has 3 rings (SSSR count). The Morgan fingerprint density at radius 1 is 1.19 bits per heavy atom. The highest BCUT2D eigenvalue weighted by Crippen LogP contribution is 2.36. The van der Waals surface area contributed by atoms with Gasteiger partial charge in [-0.3, -0.25) is 4.79 Å². The summed E-state index contributed by atoms with van der Waals surface area (Å²) in [5, 5.41) is 10.9. The van der Waals surface area contributed by atoms with Crippen molar-refractivity contribution in [1.29, 1.82) is 0 Å². The smallest absolute Gasteiger partial charge is 0.417 e. The number of thioether (sulfide) groups is 1. The lowest BCUT2D eigenvalue weighted by Crippen LogP contribution is -2.15. The lowest BCUT2D eigenvalue weighted by molar-refractivity contribution is -0.137. The highest BCUT2D eigenvalue weighted by Gasteiger charge is 2.33. The molecule has 0 saturated carbocycles. The summed E-state index contributed by atoms with van der Waals surface area (Å²) in [4.78, 5) is 12.3. The number of hydrogen-bond acceptors (Lipinski definition) is 5. The van der Waals surface area contributed by atoms with Crippen molar-refractivity contribution in [1.82, 2.24) is 14.8 Å². The Labute approximate surface area is 185 Å². The number of nitrogens with one attached hydrogen (secondary N) is 1. The van der Waals surface area contributed by atoms with Crippen molar-refractivity contribution in [2.45, 2.75) is 24.8 Å². The summed E-state index contributed by atoms with van der Waals surface area (Å²) < 4.78 is 45.9. The molecule has 0 unspecified atom stereocenters. The molecule has 1 N–H and O–H groups in total. The normalized spacial score (nSPS) is 11.4. The summed E-state index contributed by atoms with van der Waals surface area (Å²) in [5.41, 5.74) is -0.153. The Morgan fingerprint density at radius 3 is 2.52 bits per heavy atom. The predicted molar refractivity (Wildman–Crippen MR) is 113 cm³/mol. The Balaban J connectivity index is 1.69. The maximum Gasteiger partial charge on any atom is 0.417 e. The van der Waals surface area contributed by atoms with Crippen molar-refractivity contribution in [3.05, 3.63) is 53.1 Å². The topological polar surface area (TPSA) is 69.0 Å². The first-order valence-electron chi connectivity index (χ1n) is 9.10. The zero-order chi connectivity index (χ0) is 22.6. The molecule has 0 bridgehead atoms. The van der Waals surface area contributed by atoms with E-state index in [1.165, 1.54) is 6.07 Å². The van der Waals surface area contributed by atoms with Crippen molar-refractivity contribution < 1.29 is 22.7 Å². The molecule has 6 nitrogen and oxygen atoms in total. The van der Waals surface area contributed by atoms with E-state index in [1.54, 1.807) is 7.11 Å². The van der Waals surface area contributed by atoms with E-state index in [2.05, 4.69) is 15.5 Å². The lowest BCUT2D eigenvalue weighted by atomic mass is 10.2. The van der Waals surface area contributed by atoms with E-state index in [0.29, 0.717) is 23.3 Å². The lowest BCUT2D eigenvalue weighted by Gasteiger charge is -2.12. The van der Waals surface area contributed by atoms with Crippen LogP contribution in [0, 0.1) is 0 Å². The van der Waals surface area contributed by atoms with Gasteiger partial charge in [0.25, 0.3) is 0 Å². The summed E-state index contributed by atoms with van der Waals surface area (Å²) in [7, 11) is 1.58. The Morgan fingerprint density at radius 2 is 1.90 bits per heavy atom. The zero-order valence-corrected chi connectivity index (χ0v) is 18.1. The van der Waals surface area contributed by atoms with Crippen LogP contribution in [0.2, 0.25) is 5.02 Å². The highest BCUT2D eigenvalue weighted by atomic mass is 35.5. The molecule has 1 amide bonds. The second-order valence-electron chi connectivity index (χ2n) is 6.31. The van der Waals surface area contributed by atoms with E-state index in [-0.39, 0.29) is 11.4 Å². The summed E-state index contributed by atoms with van der Waals surface area (Å²) in [6.07, 6.45) is -4.61. The number of alkyl halides is 3. The van der Waals surface area contributed by atoms with Crippen LogP contribution in [-0.4, -0.2) is 33.5 Å². The fourth-order valence-corrected chi connectivity index (χ4v) is 3.81. The number of hydrogen-bond donors (Lipinski definition) is 1. The average molecular weight is 471 g/mol. The van der Waals surface area contributed by atoms with E-state index in [9.17, 15) is 18.0 Å². The van der Waals surface area contributed by atoms with Crippen LogP contribution >= 0.6 is 23.4 Å². The first kappa shape index (κ1) is 23.0. The van der Waals surface area contributed by atoms with Crippen LogP contribution in [0.4, 0.5) is 18.9 Å². The van der Waals surface area contributed by atoms with E-state index in [4.69, 9.17) is 16.3 Å². The predicted octanol–water partition coefficient (Wildman–Crippen LogP) is 5.38.